The van der Waals surface area contributed by atoms with Crippen molar-refractivity contribution in [2.45, 2.75) is 30.6 Å². The van der Waals surface area contributed by atoms with Gasteiger partial charge in [0, 0.05) is 13.1 Å². The molecule has 0 bridgehead atoms. The van der Waals surface area contributed by atoms with Crippen molar-refractivity contribution in [1.82, 2.24) is 4.31 Å². The summed E-state index contributed by atoms with van der Waals surface area (Å²) in [5, 5.41) is 9.58. The van der Waals surface area contributed by atoms with Crippen molar-refractivity contribution in [2.24, 2.45) is 5.92 Å². The van der Waals surface area contributed by atoms with Crippen LogP contribution in [0.1, 0.15) is 29.9 Å². The number of hydrogen-bond donors (Lipinski definition) is 0. The maximum Gasteiger partial charge on any atom is 0.243 e. The first-order valence-corrected chi connectivity index (χ1v) is 9.98. The number of rotatable bonds is 4. The third-order valence-electron chi connectivity index (χ3n) is 4.93. The summed E-state index contributed by atoms with van der Waals surface area (Å²) in [5.41, 5.74) is 2.06. The molecule has 1 heterocycles. The standard InChI is InChI=1S/C20H22N2O2S/c1-16-7-9-19(10-8-16)25(23,24)22-13-11-18(12-14-22)20(15-21)17-5-3-2-4-6-17/h2-10,18,20H,11-14H2,1H3/t20-/m0/s1. The lowest BCUT2D eigenvalue weighted by molar-refractivity contribution is 0.261. The van der Waals surface area contributed by atoms with Gasteiger partial charge in [-0.25, -0.2) is 8.42 Å². The summed E-state index contributed by atoms with van der Waals surface area (Å²) < 4.78 is 27.1. The number of hydrogen-bond acceptors (Lipinski definition) is 3. The Bertz CT molecular complexity index is 847. The van der Waals surface area contributed by atoms with E-state index >= 15 is 0 Å². The molecule has 130 valence electrons. The van der Waals surface area contributed by atoms with Gasteiger partial charge in [-0.1, -0.05) is 48.0 Å². The van der Waals surface area contributed by atoms with Crippen LogP contribution in [0.2, 0.25) is 0 Å². The molecule has 0 radical (unpaired) electrons. The number of benzene rings is 2. The first-order chi connectivity index (χ1) is 12.0. The Balaban J connectivity index is 1.71. The molecule has 4 nitrogen and oxygen atoms in total. The van der Waals surface area contributed by atoms with Crippen LogP contribution in [0.25, 0.3) is 0 Å². The Morgan fingerprint density at radius 3 is 2.20 bits per heavy atom. The minimum absolute atomic E-state index is 0.176. The Hall–Kier alpha value is -2.16. The van der Waals surface area contributed by atoms with Gasteiger partial charge in [-0.05, 0) is 43.4 Å². The number of aryl methyl sites for hydroxylation is 1. The number of sulfonamides is 1. The fourth-order valence-corrected chi connectivity index (χ4v) is 4.89. The molecule has 25 heavy (non-hydrogen) atoms. The van der Waals surface area contributed by atoms with Gasteiger partial charge in [0.25, 0.3) is 0 Å². The molecule has 0 amide bonds. The van der Waals surface area contributed by atoms with E-state index in [1.165, 1.54) is 0 Å². The van der Waals surface area contributed by atoms with E-state index in [1.54, 1.807) is 16.4 Å². The molecular formula is C20H22N2O2S. The fraction of sp³-hybridized carbons (Fsp3) is 0.350. The zero-order valence-corrected chi connectivity index (χ0v) is 15.1. The van der Waals surface area contributed by atoms with Gasteiger partial charge in [-0.15, -0.1) is 0 Å². The molecule has 1 fully saturated rings. The average molecular weight is 354 g/mol. The molecular weight excluding hydrogens is 332 g/mol. The summed E-state index contributed by atoms with van der Waals surface area (Å²) in [5.74, 6) is 0.0160. The lowest BCUT2D eigenvalue weighted by Gasteiger charge is -2.33. The molecule has 0 N–H and O–H groups in total. The molecule has 1 saturated heterocycles. The average Bonchev–Trinajstić information content (AvgIpc) is 2.64. The molecule has 2 aromatic rings. The van der Waals surface area contributed by atoms with Crippen LogP contribution in [0.15, 0.2) is 59.5 Å². The fourth-order valence-electron chi connectivity index (χ4n) is 3.42. The summed E-state index contributed by atoms with van der Waals surface area (Å²) in [4.78, 5) is 0.344. The highest BCUT2D eigenvalue weighted by Gasteiger charge is 2.33. The molecule has 0 spiro atoms. The second-order valence-electron chi connectivity index (χ2n) is 6.57. The van der Waals surface area contributed by atoms with Crippen molar-refractivity contribution in [1.29, 1.82) is 5.26 Å². The lowest BCUT2D eigenvalue weighted by atomic mass is 9.81. The van der Waals surface area contributed by atoms with E-state index in [9.17, 15) is 13.7 Å². The molecule has 0 saturated carbocycles. The van der Waals surface area contributed by atoms with Crippen molar-refractivity contribution >= 4 is 10.0 Å². The highest BCUT2D eigenvalue weighted by atomic mass is 32.2. The van der Waals surface area contributed by atoms with E-state index in [4.69, 9.17) is 0 Å². The van der Waals surface area contributed by atoms with Gasteiger partial charge in [0.15, 0.2) is 0 Å². The highest BCUT2D eigenvalue weighted by molar-refractivity contribution is 7.89. The number of nitriles is 1. The summed E-state index contributed by atoms with van der Waals surface area (Å²) in [6.07, 6.45) is 1.41. The number of piperidine rings is 1. The zero-order valence-electron chi connectivity index (χ0n) is 14.3. The Morgan fingerprint density at radius 1 is 1.04 bits per heavy atom. The van der Waals surface area contributed by atoms with Gasteiger partial charge in [0.1, 0.15) is 0 Å². The first kappa shape index (κ1) is 17.7. The van der Waals surface area contributed by atoms with Crippen molar-refractivity contribution in [3.8, 4) is 6.07 Å². The van der Waals surface area contributed by atoms with Crippen LogP contribution in [-0.2, 0) is 10.0 Å². The van der Waals surface area contributed by atoms with E-state index in [-0.39, 0.29) is 11.8 Å². The minimum atomic E-state index is -3.45. The van der Waals surface area contributed by atoms with Crippen molar-refractivity contribution in [2.75, 3.05) is 13.1 Å². The monoisotopic (exact) mass is 354 g/mol. The molecule has 1 atom stereocenters. The highest BCUT2D eigenvalue weighted by Crippen LogP contribution is 2.33. The Kier molecular flexibility index (Phi) is 5.22. The molecule has 1 aliphatic rings. The third-order valence-corrected chi connectivity index (χ3v) is 6.84. The van der Waals surface area contributed by atoms with E-state index in [1.807, 2.05) is 49.4 Å². The van der Waals surface area contributed by atoms with E-state index < -0.39 is 10.0 Å². The van der Waals surface area contributed by atoms with Crippen LogP contribution in [-0.4, -0.2) is 25.8 Å². The van der Waals surface area contributed by atoms with Gasteiger partial charge in [0.2, 0.25) is 10.0 Å². The van der Waals surface area contributed by atoms with Gasteiger partial charge in [-0.3, -0.25) is 0 Å². The minimum Gasteiger partial charge on any atom is -0.207 e. The summed E-state index contributed by atoms with van der Waals surface area (Å²) >= 11 is 0. The Morgan fingerprint density at radius 2 is 1.64 bits per heavy atom. The van der Waals surface area contributed by atoms with E-state index in [2.05, 4.69) is 6.07 Å². The van der Waals surface area contributed by atoms with Crippen molar-refractivity contribution < 1.29 is 8.42 Å². The third kappa shape index (κ3) is 3.76. The SMILES string of the molecule is Cc1ccc(S(=O)(=O)N2CCC([C@@H](C#N)c3ccccc3)CC2)cc1. The van der Waals surface area contributed by atoms with Crippen molar-refractivity contribution in [3.05, 3.63) is 65.7 Å². The first-order valence-electron chi connectivity index (χ1n) is 8.54. The molecule has 0 unspecified atom stereocenters. The zero-order chi connectivity index (χ0) is 17.9. The lowest BCUT2D eigenvalue weighted by Crippen LogP contribution is -2.39. The molecule has 0 aliphatic carbocycles. The van der Waals surface area contributed by atoms with E-state index in [0.29, 0.717) is 30.8 Å². The normalized spacial score (nSPS) is 17.8. The molecule has 0 aromatic heterocycles. The van der Waals surface area contributed by atoms with Gasteiger partial charge >= 0.3 is 0 Å². The smallest absolute Gasteiger partial charge is 0.207 e. The van der Waals surface area contributed by atoms with E-state index in [0.717, 1.165) is 11.1 Å². The van der Waals surface area contributed by atoms with Crippen LogP contribution < -0.4 is 0 Å². The Labute approximate surface area is 149 Å². The molecule has 5 heteroatoms. The van der Waals surface area contributed by atoms with Crippen LogP contribution in [0.5, 0.6) is 0 Å². The maximum atomic E-state index is 12.8. The summed E-state index contributed by atoms with van der Waals surface area (Å²) in [6, 6.07) is 19.2. The summed E-state index contributed by atoms with van der Waals surface area (Å²) in [6.45, 7) is 2.87. The quantitative estimate of drug-likeness (QED) is 0.841. The van der Waals surface area contributed by atoms with Crippen LogP contribution >= 0.6 is 0 Å². The predicted molar refractivity (Wildman–Crippen MR) is 97.5 cm³/mol. The van der Waals surface area contributed by atoms with Crippen LogP contribution in [0, 0.1) is 24.2 Å². The van der Waals surface area contributed by atoms with Gasteiger partial charge in [-0.2, -0.15) is 9.57 Å². The van der Waals surface area contributed by atoms with Crippen molar-refractivity contribution in [3.63, 3.8) is 0 Å². The van der Waals surface area contributed by atoms with Crippen LogP contribution in [0.3, 0.4) is 0 Å². The number of nitrogens with zero attached hydrogens (tertiary/aromatic N) is 2. The second kappa shape index (κ2) is 7.38. The molecule has 1 aliphatic heterocycles. The maximum absolute atomic E-state index is 12.8. The molecule has 2 aromatic carbocycles. The van der Waals surface area contributed by atoms with Crippen LogP contribution in [0.4, 0.5) is 0 Å². The summed E-state index contributed by atoms with van der Waals surface area (Å²) in [7, 11) is -3.45. The second-order valence-corrected chi connectivity index (χ2v) is 8.51. The molecule has 3 rings (SSSR count). The van der Waals surface area contributed by atoms with Gasteiger partial charge < -0.3 is 0 Å². The topological polar surface area (TPSA) is 61.2 Å². The predicted octanol–water partition coefficient (Wildman–Crippen LogP) is 3.70. The largest absolute Gasteiger partial charge is 0.243 e. The van der Waals surface area contributed by atoms with Gasteiger partial charge in [0.05, 0.1) is 16.9 Å².